The smallest absolute Gasteiger partial charge is 0.151 e. The van der Waals surface area contributed by atoms with Gasteiger partial charge in [-0.1, -0.05) is 13.8 Å². The maximum Gasteiger partial charge on any atom is 0.151 e. The van der Waals surface area contributed by atoms with Crippen LogP contribution >= 0.6 is 0 Å². The molecule has 23 heavy (non-hydrogen) atoms. The molecule has 0 heterocycles. The first-order valence-corrected chi connectivity index (χ1v) is 7.39. The van der Waals surface area contributed by atoms with Crippen molar-refractivity contribution < 1.29 is 44.6 Å². The number of aliphatic hydroxyl groups excluding tert-OH is 4. The molecule has 4 N–H and O–H groups in total. The van der Waals surface area contributed by atoms with E-state index in [1.807, 2.05) is 0 Å². The van der Waals surface area contributed by atoms with Crippen LogP contribution in [0, 0.1) is 0 Å². The molecule has 0 aliphatic heterocycles. The van der Waals surface area contributed by atoms with Gasteiger partial charge in [-0.15, -0.1) is 0 Å². The largest absolute Gasteiger partial charge is 0.547 e. The zero-order valence-corrected chi connectivity index (χ0v) is 13.2. The van der Waals surface area contributed by atoms with Crippen LogP contribution in [0.15, 0.2) is 0 Å². The van der Waals surface area contributed by atoms with Crippen molar-refractivity contribution in [2.75, 3.05) is 13.2 Å². The maximum absolute atomic E-state index is 11.0. The van der Waals surface area contributed by atoms with Crippen LogP contribution in [-0.2, 0) is 19.1 Å². The number of aldehydes is 1. The number of hydrogen-bond donors (Lipinski definition) is 4. The van der Waals surface area contributed by atoms with E-state index in [4.69, 9.17) is 9.47 Å². The normalized spacial score (nSPS) is 19.4. The fraction of sp³-hybridized carbons (Fsp3) is 0.857. The predicted molar refractivity (Wildman–Crippen MR) is 75.2 cm³/mol. The molecular formula is C14H25O9-. The van der Waals surface area contributed by atoms with Crippen molar-refractivity contribution >= 4 is 12.3 Å². The third-order valence-electron chi connectivity index (χ3n) is 3.26. The summed E-state index contributed by atoms with van der Waals surface area (Å²) in [7, 11) is 0. The SMILES string of the molecule is CCC(O)COC(C=O)C(O)C(OCC(O)CC)C(O)C(=O)[O-]. The molecule has 9 nitrogen and oxygen atoms in total. The van der Waals surface area contributed by atoms with E-state index >= 15 is 0 Å². The number of aliphatic carboxylic acids is 1. The lowest BCUT2D eigenvalue weighted by Gasteiger charge is -2.31. The van der Waals surface area contributed by atoms with Gasteiger partial charge in [0.2, 0.25) is 0 Å². The second-order valence-electron chi connectivity index (χ2n) is 5.11. The first kappa shape index (κ1) is 21.9. The molecule has 0 aromatic carbocycles. The van der Waals surface area contributed by atoms with Crippen molar-refractivity contribution in [2.45, 2.75) is 63.3 Å². The number of carbonyl (C=O) groups is 2. The highest BCUT2D eigenvalue weighted by Gasteiger charge is 2.35. The number of carboxylic acid groups (broad SMARTS) is 1. The van der Waals surface area contributed by atoms with E-state index in [-0.39, 0.29) is 19.5 Å². The van der Waals surface area contributed by atoms with Crippen LogP contribution in [0.3, 0.4) is 0 Å². The molecule has 0 aromatic heterocycles. The topological polar surface area (TPSA) is 157 Å². The van der Waals surface area contributed by atoms with Gasteiger partial charge in [-0.05, 0) is 12.8 Å². The first-order valence-electron chi connectivity index (χ1n) is 7.39. The predicted octanol–water partition coefficient (Wildman–Crippen LogP) is -3.03. The molecule has 0 aliphatic carbocycles. The molecule has 0 aromatic rings. The Balaban J connectivity index is 4.94. The lowest BCUT2D eigenvalue weighted by Crippen LogP contribution is -2.54. The fourth-order valence-electron chi connectivity index (χ4n) is 1.60. The van der Waals surface area contributed by atoms with Crippen LogP contribution in [0.1, 0.15) is 26.7 Å². The first-order chi connectivity index (χ1) is 10.8. The van der Waals surface area contributed by atoms with Crippen LogP contribution < -0.4 is 5.11 Å². The molecule has 0 fully saturated rings. The molecule has 0 rings (SSSR count). The van der Waals surface area contributed by atoms with Gasteiger partial charge in [-0.25, -0.2) is 0 Å². The van der Waals surface area contributed by atoms with Gasteiger partial charge in [0.1, 0.15) is 24.4 Å². The summed E-state index contributed by atoms with van der Waals surface area (Å²) in [6, 6.07) is 0. The van der Waals surface area contributed by atoms with Gasteiger partial charge >= 0.3 is 0 Å². The standard InChI is InChI=1S/C14H26O9/c1-3-8(16)6-22-10(5-15)11(18)13(12(19)14(20)21)23-7-9(17)4-2/h5,8-13,16-19H,3-4,6-7H2,1-2H3,(H,20,21)/p-1. The monoisotopic (exact) mass is 337 g/mol. The molecule has 0 aliphatic rings. The van der Waals surface area contributed by atoms with Crippen molar-refractivity contribution in [1.82, 2.24) is 0 Å². The Hall–Kier alpha value is -1.10. The Morgan fingerprint density at radius 3 is 1.91 bits per heavy atom. The van der Waals surface area contributed by atoms with Crippen molar-refractivity contribution in [1.29, 1.82) is 0 Å². The minimum atomic E-state index is -2.23. The highest BCUT2D eigenvalue weighted by atomic mass is 16.5. The number of carbonyl (C=O) groups excluding carboxylic acids is 2. The number of carboxylic acids is 1. The van der Waals surface area contributed by atoms with Crippen molar-refractivity contribution in [2.24, 2.45) is 0 Å². The molecule has 0 bridgehead atoms. The number of ether oxygens (including phenoxy) is 2. The van der Waals surface area contributed by atoms with Gasteiger partial charge in [0, 0.05) is 0 Å². The van der Waals surface area contributed by atoms with E-state index in [1.54, 1.807) is 13.8 Å². The summed E-state index contributed by atoms with van der Waals surface area (Å²) in [4.78, 5) is 21.8. The Bertz CT molecular complexity index is 349. The lowest BCUT2D eigenvalue weighted by atomic mass is 10.0. The summed E-state index contributed by atoms with van der Waals surface area (Å²) >= 11 is 0. The quantitative estimate of drug-likeness (QED) is 0.257. The van der Waals surface area contributed by atoms with E-state index in [0.29, 0.717) is 12.8 Å². The molecule has 6 atom stereocenters. The van der Waals surface area contributed by atoms with Gasteiger partial charge in [0.25, 0.3) is 0 Å². The Kier molecular flexibility index (Phi) is 10.9. The molecule has 9 heteroatoms. The van der Waals surface area contributed by atoms with E-state index < -0.39 is 42.6 Å². The Morgan fingerprint density at radius 1 is 1.04 bits per heavy atom. The van der Waals surface area contributed by atoms with E-state index in [1.165, 1.54) is 0 Å². The second-order valence-corrected chi connectivity index (χ2v) is 5.11. The number of aliphatic hydroxyl groups is 4. The minimum Gasteiger partial charge on any atom is -0.547 e. The maximum atomic E-state index is 11.0. The molecular weight excluding hydrogens is 312 g/mol. The Morgan fingerprint density at radius 2 is 1.52 bits per heavy atom. The zero-order valence-electron chi connectivity index (χ0n) is 13.2. The van der Waals surface area contributed by atoms with Crippen molar-refractivity contribution in [3.63, 3.8) is 0 Å². The average Bonchev–Trinajstić information content (AvgIpc) is 2.54. The zero-order chi connectivity index (χ0) is 18.0. The molecule has 0 radical (unpaired) electrons. The lowest BCUT2D eigenvalue weighted by molar-refractivity contribution is -0.321. The molecule has 0 spiro atoms. The number of rotatable bonds is 13. The Labute approximate surface area is 134 Å². The van der Waals surface area contributed by atoms with Crippen LogP contribution in [0.2, 0.25) is 0 Å². The molecule has 6 unspecified atom stereocenters. The minimum absolute atomic E-state index is 0.210. The van der Waals surface area contributed by atoms with Gasteiger partial charge in [0.15, 0.2) is 6.29 Å². The summed E-state index contributed by atoms with van der Waals surface area (Å²) in [5.74, 6) is -1.90. The highest BCUT2D eigenvalue weighted by Crippen LogP contribution is 2.13. The summed E-state index contributed by atoms with van der Waals surface area (Å²) in [6.45, 7) is 2.71. The van der Waals surface area contributed by atoms with Crippen LogP contribution in [0.4, 0.5) is 0 Å². The van der Waals surface area contributed by atoms with Gasteiger partial charge < -0.3 is 44.6 Å². The van der Waals surface area contributed by atoms with E-state index in [2.05, 4.69) is 0 Å². The molecule has 0 amide bonds. The van der Waals surface area contributed by atoms with E-state index in [0.717, 1.165) is 0 Å². The summed E-state index contributed by atoms with van der Waals surface area (Å²) < 4.78 is 10.0. The third-order valence-corrected chi connectivity index (χ3v) is 3.26. The molecule has 0 saturated carbocycles. The van der Waals surface area contributed by atoms with Crippen molar-refractivity contribution in [3.05, 3.63) is 0 Å². The second kappa shape index (κ2) is 11.4. The van der Waals surface area contributed by atoms with Crippen LogP contribution in [-0.4, -0.2) is 82.5 Å². The molecule has 0 saturated heterocycles. The van der Waals surface area contributed by atoms with Gasteiger partial charge in [-0.3, -0.25) is 0 Å². The summed E-state index contributed by atoms with van der Waals surface area (Å²) in [5.41, 5.74) is 0. The molecule has 136 valence electrons. The van der Waals surface area contributed by atoms with Gasteiger partial charge in [0.05, 0.1) is 31.4 Å². The van der Waals surface area contributed by atoms with Gasteiger partial charge in [-0.2, -0.15) is 0 Å². The summed E-state index contributed by atoms with van der Waals surface area (Å²) in [5, 5.41) is 49.2. The van der Waals surface area contributed by atoms with Crippen LogP contribution in [0.25, 0.3) is 0 Å². The number of hydrogen-bond acceptors (Lipinski definition) is 9. The fourth-order valence-corrected chi connectivity index (χ4v) is 1.60. The van der Waals surface area contributed by atoms with Crippen LogP contribution in [0.5, 0.6) is 0 Å². The third kappa shape index (κ3) is 7.82. The highest BCUT2D eigenvalue weighted by molar-refractivity contribution is 5.71. The van der Waals surface area contributed by atoms with E-state index in [9.17, 15) is 35.1 Å². The average molecular weight is 337 g/mol. The van der Waals surface area contributed by atoms with Crippen molar-refractivity contribution in [3.8, 4) is 0 Å². The summed E-state index contributed by atoms with van der Waals surface area (Å²) in [6.07, 6.45) is -8.24.